The lowest BCUT2D eigenvalue weighted by atomic mass is 9.93. The second kappa shape index (κ2) is 7.00. The molecule has 23 heavy (non-hydrogen) atoms. The number of aliphatic hydroxyl groups excluding tert-OH is 1. The lowest BCUT2D eigenvalue weighted by Crippen LogP contribution is -2.46. The number of rotatable bonds is 3. The van der Waals surface area contributed by atoms with Gasteiger partial charge in [0.05, 0.1) is 23.5 Å². The first-order chi connectivity index (χ1) is 11.1. The first-order valence-electron chi connectivity index (χ1n) is 8.30. The van der Waals surface area contributed by atoms with Gasteiger partial charge in [-0.2, -0.15) is 0 Å². The van der Waals surface area contributed by atoms with E-state index in [0.717, 1.165) is 37.8 Å². The van der Waals surface area contributed by atoms with Crippen molar-refractivity contribution in [3.05, 3.63) is 24.3 Å². The van der Waals surface area contributed by atoms with Crippen molar-refractivity contribution in [2.45, 2.75) is 50.7 Å². The molecule has 0 unspecified atom stereocenters. The molecular weight excluding hydrogens is 294 g/mol. The minimum atomic E-state index is -0.482. The molecule has 1 saturated heterocycles. The highest BCUT2D eigenvalue weighted by atomic mass is 16.3. The Bertz CT molecular complexity index is 590. The summed E-state index contributed by atoms with van der Waals surface area (Å²) in [5, 5.41) is 15.6. The number of benzene rings is 1. The fourth-order valence-corrected chi connectivity index (χ4v) is 3.32. The molecule has 2 fully saturated rings. The molecule has 3 N–H and O–H groups in total. The summed E-state index contributed by atoms with van der Waals surface area (Å²) >= 11 is 0. The smallest absolute Gasteiger partial charge is 0.319 e. The largest absolute Gasteiger partial charge is 0.391 e. The van der Waals surface area contributed by atoms with Crippen LogP contribution in [0.3, 0.4) is 0 Å². The van der Waals surface area contributed by atoms with Crippen LogP contribution in [0, 0.1) is 0 Å². The van der Waals surface area contributed by atoms with Crippen LogP contribution < -0.4 is 15.5 Å². The Balaban J connectivity index is 1.67. The van der Waals surface area contributed by atoms with Crippen molar-refractivity contribution in [3.63, 3.8) is 0 Å². The average Bonchev–Trinajstić information content (AvgIpc) is 2.96. The number of amides is 3. The molecule has 6 heteroatoms. The van der Waals surface area contributed by atoms with Gasteiger partial charge in [0, 0.05) is 13.0 Å². The molecule has 1 heterocycles. The minimum Gasteiger partial charge on any atom is -0.391 e. The van der Waals surface area contributed by atoms with Crippen LogP contribution in [0.5, 0.6) is 0 Å². The van der Waals surface area contributed by atoms with Gasteiger partial charge in [-0.05, 0) is 31.4 Å². The summed E-state index contributed by atoms with van der Waals surface area (Å²) in [6, 6.07) is 6.77. The molecule has 2 aliphatic rings. The first kappa shape index (κ1) is 15.8. The van der Waals surface area contributed by atoms with E-state index >= 15 is 0 Å². The van der Waals surface area contributed by atoms with E-state index < -0.39 is 6.10 Å². The third kappa shape index (κ3) is 3.64. The van der Waals surface area contributed by atoms with Gasteiger partial charge in [-0.1, -0.05) is 25.0 Å². The molecule has 6 nitrogen and oxygen atoms in total. The highest BCUT2D eigenvalue weighted by molar-refractivity contribution is 6.01. The standard InChI is InChI=1S/C17H23N3O3/c21-15-9-4-2-7-13(15)19-17(23)18-12-6-1-3-8-14(12)20-11-5-10-16(20)22/h1,3,6,8,13,15,21H,2,4-5,7,9-11H2,(H2,18,19,23)/t13-,15-/m0/s1. The Morgan fingerprint density at radius 2 is 1.96 bits per heavy atom. The lowest BCUT2D eigenvalue weighted by molar-refractivity contribution is -0.117. The zero-order valence-electron chi connectivity index (χ0n) is 13.1. The van der Waals surface area contributed by atoms with Crippen LogP contribution in [-0.4, -0.2) is 35.7 Å². The highest BCUT2D eigenvalue weighted by Gasteiger charge is 2.26. The fourth-order valence-electron chi connectivity index (χ4n) is 3.32. The Hall–Kier alpha value is -2.08. The van der Waals surface area contributed by atoms with Crippen molar-refractivity contribution in [2.75, 3.05) is 16.8 Å². The second-order valence-electron chi connectivity index (χ2n) is 6.22. The van der Waals surface area contributed by atoms with Crippen LogP contribution in [0.15, 0.2) is 24.3 Å². The maximum Gasteiger partial charge on any atom is 0.319 e. The molecule has 1 aliphatic heterocycles. The van der Waals surface area contributed by atoms with Crippen LogP contribution in [-0.2, 0) is 4.79 Å². The third-order valence-electron chi connectivity index (χ3n) is 4.56. The molecule has 1 saturated carbocycles. The summed E-state index contributed by atoms with van der Waals surface area (Å²) in [5.74, 6) is 0.0855. The Kier molecular flexibility index (Phi) is 4.81. The molecule has 0 bridgehead atoms. The summed E-state index contributed by atoms with van der Waals surface area (Å²) in [4.78, 5) is 25.9. The van der Waals surface area contributed by atoms with Crippen molar-refractivity contribution in [1.29, 1.82) is 0 Å². The van der Waals surface area contributed by atoms with Crippen LogP contribution >= 0.6 is 0 Å². The summed E-state index contributed by atoms with van der Waals surface area (Å²) < 4.78 is 0. The monoisotopic (exact) mass is 317 g/mol. The molecule has 0 aromatic heterocycles. The van der Waals surface area contributed by atoms with Gasteiger partial charge in [-0.15, -0.1) is 0 Å². The normalized spacial score (nSPS) is 24.6. The number of hydrogen-bond acceptors (Lipinski definition) is 3. The molecule has 0 radical (unpaired) electrons. The van der Waals surface area contributed by atoms with Crippen LogP contribution in [0.2, 0.25) is 0 Å². The van der Waals surface area contributed by atoms with Crippen molar-refractivity contribution >= 4 is 23.3 Å². The van der Waals surface area contributed by atoms with Crippen molar-refractivity contribution in [3.8, 4) is 0 Å². The third-order valence-corrected chi connectivity index (χ3v) is 4.56. The number of carbonyl (C=O) groups is 2. The number of nitrogens with zero attached hydrogens (tertiary/aromatic N) is 1. The average molecular weight is 317 g/mol. The van der Waals surface area contributed by atoms with Crippen LogP contribution in [0.1, 0.15) is 38.5 Å². The van der Waals surface area contributed by atoms with E-state index in [1.54, 1.807) is 11.0 Å². The van der Waals surface area contributed by atoms with Gasteiger partial charge in [0.2, 0.25) is 5.91 Å². The topological polar surface area (TPSA) is 81.7 Å². The van der Waals surface area contributed by atoms with Crippen LogP contribution in [0.25, 0.3) is 0 Å². The molecule has 124 valence electrons. The molecule has 3 amide bonds. The number of anilines is 2. The molecular formula is C17H23N3O3. The Labute approximate surface area is 135 Å². The predicted molar refractivity (Wildman–Crippen MR) is 88.4 cm³/mol. The van der Waals surface area contributed by atoms with Crippen molar-refractivity contribution in [1.82, 2.24) is 5.32 Å². The Morgan fingerprint density at radius 1 is 1.17 bits per heavy atom. The molecule has 1 aromatic carbocycles. The van der Waals surface area contributed by atoms with E-state index in [0.29, 0.717) is 18.7 Å². The molecule has 1 aliphatic carbocycles. The molecule has 0 spiro atoms. The van der Waals surface area contributed by atoms with Gasteiger partial charge in [-0.3, -0.25) is 4.79 Å². The number of hydrogen-bond donors (Lipinski definition) is 3. The molecule has 1 aromatic rings. The van der Waals surface area contributed by atoms with Gasteiger partial charge in [0.1, 0.15) is 0 Å². The van der Waals surface area contributed by atoms with E-state index in [1.165, 1.54) is 0 Å². The van der Waals surface area contributed by atoms with Gasteiger partial charge in [-0.25, -0.2) is 4.79 Å². The Morgan fingerprint density at radius 3 is 2.70 bits per heavy atom. The minimum absolute atomic E-state index is 0.0855. The summed E-state index contributed by atoms with van der Waals surface area (Å²) in [6.07, 6.45) is 4.44. The van der Waals surface area contributed by atoms with E-state index in [2.05, 4.69) is 10.6 Å². The summed E-state index contributed by atoms with van der Waals surface area (Å²) in [7, 11) is 0. The molecule has 2 atom stereocenters. The number of urea groups is 1. The van der Waals surface area contributed by atoms with Gasteiger partial charge in [0.25, 0.3) is 0 Å². The lowest BCUT2D eigenvalue weighted by Gasteiger charge is -2.28. The molecule has 3 rings (SSSR count). The van der Waals surface area contributed by atoms with Gasteiger partial charge >= 0.3 is 6.03 Å². The highest BCUT2D eigenvalue weighted by Crippen LogP contribution is 2.29. The SMILES string of the molecule is O=C(Nc1ccccc1N1CCCC1=O)N[C@H]1CCCC[C@@H]1O. The maximum atomic E-state index is 12.2. The summed E-state index contributed by atoms with van der Waals surface area (Å²) in [6.45, 7) is 0.681. The predicted octanol–water partition coefficient (Wildman–Crippen LogP) is 2.24. The van der Waals surface area contributed by atoms with E-state index in [4.69, 9.17) is 0 Å². The number of aliphatic hydroxyl groups is 1. The van der Waals surface area contributed by atoms with Crippen molar-refractivity contribution in [2.24, 2.45) is 0 Å². The van der Waals surface area contributed by atoms with E-state index in [9.17, 15) is 14.7 Å². The fraction of sp³-hybridized carbons (Fsp3) is 0.529. The van der Waals surface area contributed by atoms with Gasteiger partial charge in [0.15, 0.2) is 0 Å². The maximum absolute atomic E-state index is 12.2. The first-order valence-corrected chi connectivity index (χ1v) is 8.30. The second-order valence-corrected chi connectivity index (χ2v) is 6.22. The number of para-hydroxylation sites is 2. The quantitative estimate of drug-likeness (QED) is 0.799. The number of carbonyl (C=O) groups excluding carboxylic acids is 2. The van der Waals surface area contributed by atoms with Crippen molar-refractivity contribution < 1.29 is 14.7 Å². The van der Waals surface area contributed by atoms with Gasteiger partial charge < -0.3 is 20.6 Å². The summed E-state index contributed by atoms with van der Waals surface area (Å²) in [5.41, 5.74) is 1.35. The van der Waals surface area contributed by atoms with E-state index in [-0.39, 0.29) is 18.0 Å². The van der Waals surface area contributed by atoms with E-state index in [1.807, 2.05) is 18.2 Å². The number of nitrogens with one attached hydrogen (secondary N) is 2. The zero-order valence-corrected chi connectivity index (χ0v) is 13.1. The zero-order chi connectivity index (χ0) is 16.2. The van der Waals surface area contributed by atoms with Crippen LogP contribution in [0.4, 0.5) is 16.2 Å².